The number of allylic oxidation sites excluding steroid dienone is 1. The number of hydrogen-bond acceptors (Lipinski definition) is 2. The molecule has 1 spiro atoms. The lowest BCUT2D eigenvalue weighted by molar-refractivity contribution is 0.0169. The van der Waals surface area contributed by atoms with Gasteiger partial charge in [-0.3, -0.25) is 0 Å². The third-order valence-electron chi connectivity index (χ3n) is 3.50. The Morgan fingerprint density at radius 3 is 2.50 bits per heavy atom. The summed E-state index contributed by atoms with van der Waals surface area (Å²) < 4.78 is 0. The zero-order valence-corrected chi connectivity index (χ0v) is 8.02. The molecule has 1 heterocycles. The molecule has 1 saturated heterocycles. The van der Waals surface area contributed by atoms with Crippen molar-refractivity contribution in [3.8, 4) is 0 Å². The smallest absolute Gasteiger partial charge is 0.407 e. The number of aliphatic hydroxyl groups is 1. The van der Waals surface area contributed by atoms with E-state index < -0.39 is 6.09 Å². The van der Waals surface area contributed by atoms with Gasteiger partial charge in [-0.05, 0) is 19.3 Å². The van der Waals surface area contributed by atoms with Crippen molar-refractivity contribution < 1.29 is 15.0 Å². The summed E-state index contributed by atoms with van der Waals surface area (Å²) in [5.74, 6) is 0. The SMILES string of the molecule is O=C(O)N1CCC2(CC=CC2O)CC1. The molecule has 0 aromatic heterocycles. The molecule has 0 bridgehead atoms. The molecule has 0 aromatic carbocycles. The normalized spacial score (nSPS) is 29.8. The highest BCUT2D eigenvalue weighted by Crippen LogP contribution is 2.42. The van der Waals surface area contributed by atoms with Gasteiger partial charge in [0.15, 0.2) is 0 Å². The van der Waals surface area contributed by atoms with Crippen LogP contribution in [0.2, 0.25) is 0 Å². The first-order valence-electron chi connectivity index (χ1n) is 4.97. The molecule has 4 nitrogen and oxygen atoms in total. The van der Waals surface area contributed by atoms with Crippen LogP contribution in [0.1, 0.15) is 19.3 Å². The summed E-state index contributed by atoms with van der Waals surface area (Å²) in [7, 11) is 0. The quantitative estimate of drug-likeness (QED) is 0.571. The second kappa shape index (κ2) is 3.28. The molecule has 1 fully saturated rings. The van der Waals surface area contributed by atoms with Gasteiger partial charge in [0.25, 0.3) is 0 Å². The summed E-state index contributed by atoms with van der Waals surface area (Å²) in [6.07, 6.45) is 5.04. The molecule has 0 aromatic rings. The van der Waals surface area contributed by atoms with E-state index in [1.807, 2.05) is 12.2 Å². The fourth-order valence-corrected chi connectivity index (χ4v) is 2.40. The van der Waals surface area contributed by atoms with Gasteiger partial charge >= 0.3 is 6.09 Å². The van der Waals surface area contributed by atoms with E-state index in [0.29, 0.717) is 13.1 Å². The highest BCUT2D eigenvalue weighted by Gasteiger charge is 2.42. The lowest BCUT2D eigenvalue weighted by Crippen LogP contribution is -2.45. The van der Waals surface area contributed by atoms with Crippen molar-refractivity contribution in [2.75, 3.05) is 13.1 Å². The minimum absolute atomic E-state index is 0.0635. The summed E-state index contributed by atoms with van der Waals surface area (Å²) in [6.45, 7) is 1.10. The Bertz CT molecular complexity index is 267. The van der Waals surface area contributed by atoms with Crippen molar-refractivity contribution in [2.45, 2.75) is 25.4 Å². The second-order valence-electron chi connectivity index (χ2n) is 4.21. The van der Waals surface area contributed by atoms with Crippen molar-refractivity contribution in [1.29, 1.82) is 0 Å². The highest BCUT2D eigenvalue weighted by molar-refractivity contribution is 5.65. The third-order valence-corrected chi connectivity index (χ3v) is 3.50. The van der Waals surface area contributed by atoms with Crippen molar-refractivity contribution in [2.24, 2.45) is 5.41 Å². The van der Waals surface area contributed by atoms with Crippen LogP contribution in [-0.2, 0) is 0 Å². The van der Waals surface area contributed by atoms with Gasteiger partial charge in [-0.2, -0.15) is 0 Å². The molecule has 2 rings (SSSR count). The Kier molecular flexibility index (Phi) is 2.23. The van der Waals surface area contributed by atoms with E-state index in [2.05, 4.69) is 0 Å². The second-order valence-corrected chi connectivity index (χ2v) is 4.21. The maximum absolute atomic E-state index is 10.7. The van der Waals surface area contributed by atoms with Crippen LogP contribution in [0, 0.1) is 5.41 Å². The van der Waals surface area contributed by atoms with E-state index in [9.17, 15) is 9.90 Å². The molecule has 1 unspecified atom stereocenters. The maximum Gasteiger partial charge on any atom is 0.407 e. The molecule has 1 amide bonds. The van der Waals surface area contributed by atoms with Gasteiger partial charge in [0.1, 0.15) is 0 Å². The van der Waals surface area contributed by atoms with Crippen LogP contribution in [0.25, 0.3) is 0 Å². The number of likely N-dealkylation sites (tertiary alicyclic amines) is 1. The van der Waals surface area contributed by atoms with Crippen LogP contribution in [0.3, 0.4) is 0 Å². The Labute approximate surface area is 82.8 Å². The first-order chi connectivity index (χ1) is 6.64. The lowest BCUT2D eigenvalue weighted by Gasteiger charge is -2.40. The van der Waals surface area contributed by atoms with Gasteiger partial charge in [-0.25, -0.2) is 4.79 Å². The Morgan fingerprint density at radius 2 is 2.07 bits per heavy atom. The number of piperidine rings is 1. The van der Waals surface area contributed by atoms with Crippen molar-refractivity contribution in [3.05, 3.63) is 12.2 Å². The van der Waals surface area contributed by atoms with Gasteiger partial charge in [0.2, 0.25) is 0 Å². The predicted molar refractivity (Wildman–Crippen MR) is 51.0 cm³/mol. The summed E-state index contributed by atoms with van der Waals surface area (Å²) in [6, 6.07) is 0. The summed E-state index contributed by atoms with van der Waals surface area (Å²) in [4.78, 5) is 12.1. The van der Waals surface area contributed by atoms with Gasteiger partial charge in [0.05, 0.1) is 6.10 Å². The molecule has 2 aliphatic rings. The Balaban J connectivity index is 1.99. The van der Waals surface area contributed by atoms with Gasteiger partial charge in [0, 0.05) is 18.5 Å². The average Bonchev–Trinajstić information content (AvgIpc) is 2.49. The maximum atomic E-state index is 10.7. The minimum Gasteiger partial charge on any atom is -0.465 e. The molecule has 1 atom stereocenters. The molecular weight excluding hydrogens is 182 g/mol. The largest absolute Gasteiger partial charge is 0.465 e. The minimum atomic E-state index is -0.847. The number of aliphatic hydroxyl groups excluding tert-OH is 1. The van der Waals surface area contributed by atoms with Gasteiger partial charge in [-0.15, -0.1) is 0 Å². The van der Waals surface area contributed by atoms with Crippen LogP contribution in [0.5, 0.6) is 0 Å². The fraction of sp³-hybridized carbons (Fsp3) is 0.700. The number of nitrogens with zero attached hydrogens (tertiary/aromatic N) is 1. The van der Waals surface area contributed by atoms with Crippen LogP contribution >= 0.6 is 0 Å². The third kappa shape index (κ3) is 1.39. The molecule has 2 N–H and O–H groups in total. The monoisotopic (exact) mass is 197 g/mol. The Morgan fingerprint density at radius 1 is 1.43 bits per heavy atom. The van der Waals surface area contributed by atoms with Crippen molar-refractivity contribution in [3.63, 3.8) is 0 Å². The average molecular weight is 197 g/mol. The predicted octanol–water partition coefficient (Wildman–Crippen LogP) is 1.07. The van der Waals surface area contributed by atoms with Crippen LogP contribution in [-0.4, -0.2) is 40.4 Å². The zero-order chi connectivity index (χ0) is 10.2. The van der Waals surface area contributed by atoms with Crippen LogP contribution in [0.15, 0.2) is 12.2 Å². The highest BCUT2D eigenvalue weighted by atomic mass is 16.4. The van der Waals surface area contributed by atoms with Crippen molar-refractivity contribution >= 4 is 6.09 Å². The number of amides is 1. The van der Waals surface area contributed by atoms with E-state index in [1.54, 1.807) is 0 Å². The van der Waals surface area contributed by atoms with Gasteiger partial charge in [-0.1, -0.05) is 12.2 Å². The molecule has 1 aliphatic heterocycles. The number of carbonyl (C=O) groups is 1. The van der Waals surface area contributed by atoms with E-state index in [4.69, 9.17) is 5.11 Å². The standard InChI is InChI=1S/C10H15NO3/c12-8-2-1-3-10(8)4-6-11(7-5-10)9(13)14/h1-2,8,12H,3-7H2,(H,13,14). The van der Waals surface area contributed by atoms with Gasteiger partial charge < -0.3 is 15.1 Å². The topological polar surface area (TPSA) is 60.8 Å². The molecule has 14 heavy (non-hydrogen) atoms. The Hall–Kier alpha value is -1.03. The summed E-state index contributed by atoms with van der Waals surface area (Å²) >= 11 is 0. The number of hydrogen-bond donors (Lipinski definition) is 2. The van der Waals surface area contributed by atoms with E-state index in [1.165, 1.54) is 4.90 Å². The molecule has 4 heteroatoms. The zero-order valence-electron chi connectivity index (χ0n) is 8.02. The van der Waals surface area contributed by atoms with Crippen LogP contribution < -0.4 is 0 Å². The summed E-state index contributed by atoms with van der Waals surface area (Å²) in [5.41, 5.74) is -0.0635. The number of carboxylic acid groups (broad SMARTS) is 1. The molecule has 0 radical (unpaired) electrons. The molecule has 78 valence electrons. The first kappa shape index (κ1) is 9.52. The van der Waals surface area contributed by atoms with E-state index in [-0.39, 0.29) is 11.5 Å². The first-order valence-corrected chi connectivity index (χ1v) is 4.97. The van der Waals surface area contributed by atoms with E-state index in [0.717, 1.165) is 19.3 Å². The fourth-order valence-electron chi connectivity index (χ4n) is 2.40. The molecule has 0 saturated carbocycles. The molecule has 1 aliphatic carbocycles. The lowest BCUT2D eigenvalue weighted by atomic mass is 9.75. The molecular formula is C10H15NO3. The number of rotatable bonds is 0. The van der Waals surface area contributed by atoms with E-state index >= 15 is 0 Å². The van der Waals surface area contributed by atoms with Crippen molar-refractivity contribution in [1.82, 2.24) is 4.90 Å². The summed E-state index contributed by atoms with van der Waals surface area (Å²) in [5, 5.41) is 18.6. The van der Waals surface area contributed by atoms with Crippen LogP contribution in [0.4, 0.5) is 4.79 Å².